The van der Waals surface area contributed by atoms with Gasteiger partial charge in [0.15, 0.2) is 5.78 Å². The Kier molecular flexibility index (Phi) is 5.00. The van der Waals surface area contributed by atoms with E-state index in [4.69, 9.17) is 23.2 Å². The summed E-state index contributed by atoms with van der Waals surface area (Å²) in [5, 5.41) is 4.55. The van der Waals surface area contributed by atoms with Crippen LogP contribution in [0.25, 0.3) is 0 Å². The molecule has 2 nitrogen and oxygen atoms in total. The molecule has 1 heterocycles. The van der Waals surface area contributed by atoms with E-state index in [1.54, 1.807) is 0 Å². The average Bonchev–Trinajstić information content (AvgIpc) is 2.90. The van der Waals surface area contributed by atoms with Crippen LogP contribution in [0.4, 0.5) is 4.39 Å². The number of ketones is 1. The van der Waals surface area contributed by atoms with E-state index in [-0.39, 0.29) is 17.6 Å². The predicted octanol–water partition coefficient (Wildman–Crippen LogP) is 5.33. The molecule has 0 radical (unpaired) electrons. The Bertz CT molecular complexity index is 731. The van der Waals surface area contributed by atoms with E-state index in [1.807, 2.05) is 12.1 Å². The van der Waals surface area contributed by atoms with Crippen LogP contribution in [0.1, 0.15) is 46.8 Å². The van der Waals surface area contributed by atoms with Gasteiger partial charge in [0.2, 0.25) is 0 Å². The quantitative estimate of drug-likeness (QED) is 0.737. The third-order valence-electron chi connectivity index (χ3n) is 4.16. The fraction of sp³-hybridized carbons (Fsp3) is 0.278. The second-order valence-electron chi connectivity index (χ2n) is 5.72. The van der Waals surface area contributed by atoms with Crippen LogP contribution in [0.3, 0.4) is 0 Å². The normalized spacial score (nSPS) is 16.4. The third kappa shape index (κ3) is 3.74. The molecular weight excluding hydrogens is 336 g/mol. The molecular formula is C18H16Cl2FNO. The maximum absolute atomic E-state index is 12.9. The van der Waals surface area contributed by atoms with E-state index < -0.39 is 0 Å². The van der Waals surface area contributed by atoms with Crippen molar-refractivity contribution in [3.63, 3.8) is 0 Å². The van der Waals surface area contributed by atoms with Crippen molar-refractivity contribution >= 4 is 29.0 Å². The zero-order valence-corrected chi connectivity index (χ0v) is 13.9. The molecule has 120 valence electrons. The topological polar surface area (TPSA) is 29.1 Å². The number of halogens is 3. The Morgan fingerprint density at radius 1 is 1.17 bits per heavy atom. The van der Waals surface area contributed by atoms with Crippen LogP contribution < -0.4 is 5.32 Å². The maximum Gasteiger partial charge on any atom is 0.162 e. The van der Waals surface area contributed by atoms with Gasteiger partial charge in [0.25, 0.3) is 0 Å². The molecule has 1 aliphatic rings. The summed E-state index contributed by atoms with van der Waals surface area (Å²) in [4.78, 5) is 12.1. The van der Waals surface area contributed by atoms with Gasteiger partial charge in [-0.05, 0) is 60.4 Å². The van der Waals surface area contributed by atoms with E-state index in [9.17, 15) is 9.18 Å². The Hall–Kier alpha value is -1.42. The van der Waals surface area contributed by atoms with Crippen molar-refractivity contribution in [1.29, 1.82) is 0 Å². The molecule has 1 atom stereocenters. The van der Waals surface area contributed by atoms with E-state index in [1.165, 1.54) is 24.3 Å². The van der Waals surface area contributed by atoms with E-state index in [0.717, 1.165) is 30.5 Å². The highest BCUT2D eigenvalue weighted by Crippen LogP contribution is 2.35. The molecule has 5 heteroatoms. The van der Waals surface area contributed by atoms with Crippen molar-refractivity contribution in [1.82, 2.24) is 5.32 Å². The number of benzene rings is 2. The van der Waals surface area contributed by atoms with E-state index in [2.05, 4.69) is 5.32 Å². The van der Waals surface area contributed by atoms with Gasteiger partial charge in [-0.15, -0.1) is 0 Å². The molecule has 0 spiro atoms. The Morgan fingerprint density at radius 3 is 2.61 bits per heavy atom. The third-order valence-corrected chi connectivity index (χ3v) is 4.88. The minimum Gasteiger partial charge on any atom is -0.306 e. The molecule has 0 fully saturated rings. The lowest BCUT2D eigenvalue weighted by molar-refractivity contribution is 0.0978. The molecule has 0 saturated heterocycles. The first-order chi connectivity index (χ1) is 11.0. The second kappa shape index (κ2) is 7.00. The Morgan fingerprint density at radius 2 is 1.87 bits per heavy atom. The Labute approximate surface area is 144 Å². The fourth-order valence-corrected chi connectivity index (χ4v) is 3.29. The molecule has 23 heavy (non-hydrogen) atoms. The summed E-state index contributed by atoms with van der Waals surface area (Å²) in [5.41, 5.74) is 2.88. The summed E-state index contributed by atoms with van der Waals surface area (Å²) in [7, 11) is 0. The highest BCUT2D eigenvalue weighted by molar-refractivity contribution is 6.42. The lowest BCUT2D eigenvalue weighted by Crippen LogP contribution is -2.12. The van der Waals surface area contributed by atoms with E-state index >= 15 is 0 Å². The standard InChI is InChI=1S/C18H16Cl2FNO/c19-15-8-12-10-22-17(14(12)9-16(15)20)2-1-3-18(23)11-4-6-13(21)7-5-11/h4-9,17,22H,1-3,10H2. The largest absolute Gasteiger partial charge is 0.306 e. The second-order valence-corrected chi connectivity index (χ2v) is 6.54. The van der Waals surface area contributed by atoms with E-state index in [0.29, 0.717) is 22.0 Å². The molecule has 2 aromatic rings. The van der Waals surface area contributed by atoms with Gasteiger partial charge in [0, 0.05) is 24.6 Å². The molecule has 0 aliphatic carbocycles. The van der Waals surface area contributed by atoms with Gasteiger partial charge in [-0.1, -0.05) is 23.2 Å². The Balaban J connectivity index is 1.57. The number of rotatable bonds is 5. The van der Waals surface area contributed by atoms with Crippen molar-refractivity contribution in [2.45, 2.75) is 31.8 Å². The highest BCUT2D eigenvalue weighted by atomic mass is 35.5. The summed E-state index contributed by atoms with van der Waals surface area (Å²) in [5.74, 6) is -0.291. The lowest BCUT2D eigenvalue weighted by atomic mass is 9.98. The van der Waals surface area contributed by atoms with Gasteiger partial charge in [0.05, 0.1) is 10.0 Å². The van der Waals surface area contributed by atoms with Crippen molar-refractivity contribution in [2.24, 2.45) is 0 Å². The monoisotopic (exact) mass is 351 g/mol. The van der Waals surface area contributed by atoms with Gasteiger partial charge >= 0.3 is 0 Å². The number of Topliss-reactive ketones (excluding diaryl/α,β-unsaturated/α-hetero) is 1. The molecule has 0 saturated carbocycles. The van der Waals surface area contributed by atoms with Crippen molar-refractivity contribution in [2.75, 3.05) is 0 Å². The number of hydrogen-bond acceptors (Lipinski definition) is 2. The predicted molar refractivity (Wildman–Crippen MR) is 90.6 cm³/mol. The summed E-state index contributed by atoms with van der Waals surface area (Å²) >= 11 is 12.1. The smallest absolute Gasteiger partial charge is 0.162 e. The summed E-state index contributed by atoms with van der Waals surface area (Å²) < 4.78 is 12.9. The fourth-order valence-electron chi connectivity index (χ4n) is 2.93. The number of carbonyl (C=O) groups excluding carboxylic acids is 1. The van der Waals surface area contributed by atoms with Crippen LogP contribution in [0.15, 0.2) is 36.4 Å². The molecule has 1 unspecified atom stereocenters. The zero-order chi connectivity index (χ0) is 16.4. The van der Waals surface area contributed by atoms with Gasteiger partial charge in [0.1, 0.15) is 5.82 Å². The summed E-state index contributed by atoms with van der Waals surface area (Å²) in [6.07, 6.45) is 2.05. The van der Waals surface area contributed by atoms with Crippen molar-refractivity contribution in [3.05, 3.63) is 69.0 Å². The van der Waals surface area contributed by atoms with Gasteiger partial charge in [-0.2, -0.15) is 0 Å². The first-order valence-corrected chi connectivity index (χ1v) is 8.30. The summed E-state index contributed by atoms with van der Waals surface area (Å²) in [6, 6.07) is 9.69. The van der Waals surface area contributed by atoms with Crippen LogP contribution in [0, 0.1) is 5.82 Å². The number of fused-ring (bicyclic) bond motifs is 1. The average molecular weight is 352 g/mol. The first-order valence-electron chi connectivity index (χ1n) is 7.54. The van der Waals surface area contributed by atoms with Gasteiger partial charge in [-0.25, -0.2) is 4.39 Å². The SMILES string of the molecule is O=C(CCCC1NCc2cc(Cl)c(Cl)cc21)c1ccc(F)cc1. The van der Waals surface area contributed by atoms with Gasteiger partial charge in [-0.3, -0.25) is 4.79 Å². The van der Waals surface area contributed by atoms with Crippen LogP contribution in [-0.2, 0) is 6.54 Å². The molecule has 1 aliphatic heterocycles. The minimum absolute atomic E-state index is 0.0392. The van der Waals surface area contributed by atoms with Crippen molar-refractivity contribution in [3.8, 4) is 0 Å². The van der Waals surface area contributed by atoms with Crippen molar-refractivity contribution < 1.29 is 9.18 Å². The number of hydrogen-bond donors (Lipinski definition) is 1. The van der Waals surface area contributed by atoms with Crippen LogP contribution in [-0.4, -0.2) is 5.78 Å². The zero-order valence-electron chi connectivity index (χ0n) is 12.4. The molecule has 0 aromatic heterocycles. The molecule has 0 bridgehead atoms. The maximum atomic E-state index is 12.9. The highest BCUT2D eigenvalue weighted by Gasteiger charge is 2.23. The molecule has 2 aromatic carbocycles. The number of nitrogens with one attached hydrogen (secondary N) is 1. The molecule has 0 amide bonds. The minimum atomic E-state index is -0.330. The molecule has 1 N–H and O–H groups in total. The summed E-state index contributed by atoms with van der Waals surface area (Å²) in [6.45, 7) is 0.767. The van der Waals surface area contributed by atoms with Crippen LogP contribution in [0.2, 0.25) is 10.0 Å². The molecule has 3 rings (SSSR count). The van der Waals surface area contributed by atoms with Crippen LogP contribution >= 0.6 is 23.2 Å². The number of carbonyl (C=O) groups is 1. The first kappa shape index (κ1) is 16.4. The van der Waals surface area contributed by atoms with Crippen LogP contribution in [0.5, 0.6) is 0 Å². The lowest BCUT2D eigenvalue weighted by Gasteiger charge is -2.12. The van der Waals surface area contributed by atoms with Gasteiger partial charge < -0.3 is 5.32 Å².